The molecule has 16 heavy (non-hydrogen) atoms. The Hall–Kier alpha value is -0.450. The van der Waals surface area contributed by atoms with Gasteiger partial charge in [0.2, 0.25) is 0 Å². The van der Waals surface area contributed by atoms with E-state index in [0.29, 0.717) is 12.1 Å². The first-order valence-electron chi connectivity index (χ1n) is 6.10. The predicted molar refractivity (Wildman–Crippen MR) is 70.8 cm³/mol. The van der Waals surface area contributed by atoms with Gasteiger partial charge in [0.05, 0.1) is 6.04 Å². The summed E-state index contributed by atoms with van der Waals surface area (Å²) in [7, 11) is 0. The lowest BCUT2D eigenvalue weighted by Crippen LogP contribution is -2.27. The molecule has 2 unspecified atom stereocenters. The minimum Gasteiger partial charge on any atom is -0.328 e. The van der Waals surface area contributed by atoms with Crippen molar-refractivity contribution in [3.63, 3.8) is 0 Å². The number of aromatic nitrogens is 1. The largest absolute Gasteiger partial charge is 0.328 e. The maximum atomic E-state index is 5.87. The molecular formula is C12H23N3S. The monoisotopic (exact) mass is 241 g/mol. The van der Waals surface area contributed by atoms with E-state index >= 15 is 0 Å². The predicted octanol–water partition coefficient (Wildman–Crippen LogP) is 2.48. The fraction of sp³-hybridized carbons (Fsp3) is 0.750. The number of rotatable bonds is 7. The van der Waals surface area contributed by atoms with Crippen molar-refractivity contribution < 1.29 is 0 Å². The van der Waals surface area contributed by atoms with Crippen molar-refractivity contribution in [2.24, 2.45) is 5.73 Å². The summed E-state index contributed by atoms with van der Waals surface area (Å²) in [5, 5.41) is 4.65. The third-order valence-corrected chi connectivity index (χ3v) is 4.10. The van der Waals surface area contributed by atoms with Gasteiger partial charge in [-0.3, -0.25) is 0 Å². The maximum absolute atomic E-state index is 5.87. The molecule has 0 spiro atoms. The lowest BCUT2D eigenvalue weighted by atomic mass is 10.1. The fourth-order valence-corrected chi connectivity index (χ4v) is 2.35. The molecule has 1 aromatic heterocycles. The summed E-state index contributed by atoms with van der Waals surface area (Å²) in [6.45, 7) is 7.42. The zero-order chi connectivity index (χ0) is 12.0. The average Bonchev–Trinajstić information content (AvgIpc) is 2.77. The molecule has 0 saturated heterocycles. The summed E-state index contributed by atoms with van der Waals surface area (Å²) in [6.07, 6.45) is 5.14. The smallest absolute Gasteiger partial charge is 0.109 e. The number of hydrogen-bond donors (Lipinski definition) is 2. The highest BCUT2D eigenvalue weighted by Crippen LogP contribution is 2.20. The molecule has 3 N–H and O–H groups in total. The van der Waals surface area contributed by atoms with Crippen molar-refractivity contribution in [3.05, 3.63) is 16.1 Å². The lowest BCUT2D eigenvalue weighted by Gasteiger charge is -2.13. The number of nitrogens with one attached hydrogen (secondary N) is 1. The van der Waals surface area contributed by atoms with Gasteiger partial charge in [-0.25, -0.2) is 4.98 Å². The van der Waals surface area contributed by atoms with Gasteiger partial charge in [-0.2, -0.15) is 0 Å². The highest BCUT2D eigenvalue weighted by atomic mass is 32.1. The Balaban J connectivity index is 2.31. The minimum atomic E-state index is 0.321. The standard InChI is InChI=1S/C12H23N3S/c1-4-10(13)6-7-14-9(3)12-15-8-11(5-2)16-12/h8-10,14H,4-7,13H2,1-3H3. The number of nitrogens with zero attached hydrogens (tertiary/aromatic N) is 1. The lowest BCUT2D eigenvalue weighted by molar-refractivity contribution is 0.506. The quantitative estimate of drug-likeness (QED) is 0.771. The van der Waals surface area contributed by atoms with E-state index in [1.165, 1.54) is 9.88 Å². The normalized spacial score (nSPS) is 15.0. The first kappa shape index (κ1) is 13.6. The zero-order valence-corrected chi connectivity index (χ0v) is 11.3. The molecule has 0 aromatic carbocycles. The molecule has 0 aliphatic heterocycles. The van der Waals surface area contributed by atoms with Crippen molar-refractivity contribution in [1.82, 2.24) is 10.3 Å². The molecule has 4 heteroatoms. The highest BCUT2D eigenvalue weighted by molar-refractivity contribution is 7.11. The van der Waals surface area contributed by atoms with Crippen molar-refractivity contribution in [1.29, 1.82) is 0 Å². The molecule has 1 heterocycles. The van der Waals surface area contributed by atoms with Crippen LogP contribution < -0.4 is 11.1 Å². The van der Waals surface area contributed by atoms with Gasteiger partial charge < -0.3 is 11.1 Å². The van der Waals surface area contributed by atoms with Crippen LogP contribution in [0.1, 0.15) is 49.5 Å². The van der Waals surface area contributed by atoms with Crippen LogP contribution in [0.2, 0.25) is 0 Å². The van der Waals surface area contributed by atoms with Gasteiger partial charge in [0, 0.05) is 17.1 Å². The van der Waals surface area contributed by atoms with Crippen LogP contribution in [0, 0.1) is 0 Å². The summed E-state index contributed by atoms with van der Waals surface area (Å²) in [6, 6.07) is 0.663. The van der Waals surface area contributed by atoms with E-state index < -0.39 is 0 Å². The van der Waals surface area contributed by atoms with E-state index in [2.05, 4.69) is 31.1 Å². The molecule has 0 radical (unpaired) electrons. The van der Waals surface area contributed by atoms with E-state index in [1.807, 2.05) is 6.20 Å². The molecule has 0 amide bonds. The summed E-state index contributed by atoms with van der Waals surface area (Å²) in [5.74, 6) is 0. The third-order valence-electron chi connectivity index (χ3n) is 2.78. The second-order valence-corrected chi connectivity index (χ2v) is 5.30. The second-order valence-electron chi connectivity index (χ2n) is 4.15. The molecule has 3 nitrogen and oxygen atoms in total. The van der Waals surface area contributed by atoms with Gasteiger partial charge in [0.15, 0.2) is 0 Å². The van der Waals surface area contributed by atoms with E-state index in [-0.39, 0.29) is 0 Å². The molecule has 2 atom stereocenters. The van der Waals surface area contributed by atoms with Crippen molar-refractivity contribution >= 4 is 11.3 Å². The molecule has 1 aromatic rings. The SMILES string of the molecule is CCc1cnc(C(C)NCCC(N)CC)s1. The average molecular weight is 241 g/mol. The first-order chi connectivity index (χ1) is 7.67. The van der Waals surface area contributed by atoms with Gasteiger partial charge >= 0.3 is 0 Å². The Morgan fingerprint density at radius 2 is 2.25 bits per heavy atom. The van der Waals surface area contributed by atoms with Crippen LogP contribution in [0.4, 0.5) is 0 Å². The van der Waals surface area contributed by atoms with Crippen LogP contribution in [0.5, 0.6) is 0 Å². The fourth-order valence-electron chi connectivity index (χ4n) is 1.46. The van der Waals surface area contributed by atoms with E-state index in [0.717, 1.165) is 25.8 Å². The van der Waals surface area contributed by atoms with Crippen molar-refractivity contribution in [2.75, 3.05) is 6.54 Å². The zero-order valence-electron chi connectivity index (χ0n) is 10.5. The Bertz CT molecular complexity index is 298. The molecule has 0 saturated carbocycles. The van der Waals surface area contributed by atoms with Crippen LogP contribution in [0.25, 0.3) is 0 Å². The number of thiazole rings is 1. The second kappa shape index (κ2) is 6.99. The Kier molecular flexibility index (Phi) is 5.95. The Labute approximate surface area is 102 Å². The van der Waals surface area contributed by atoms with E-state index in [4.69, 9.17) is 5.73 Å². The Morgan fingerprint density at radius 1 is 1.50 bits per heavy atom. The van der Waals surface area contributed by atoms with Gasteiger partial charge in [-0.15, -0.1) is 11.3 Å². The number of hydrogen-bond acceptors (Lipinski definition) is 4. The topological polar surface area (TPSA) is 50.9 Å². The molecule has 0 aliphatic rings. The van der Waals surface area contributed by atoms with E-state index in [9.17, 15) is 0 Å². The number of nitrogens with two attached hydrogens (primary N) is 1. The molecule has 1 rings (SSSR count). The molecule has 0 bridgehead atoms. The van der Waals surface area contributed by atoms with Gasteiger partial charge in [0.25, 0.3) is 0 Å². The van der Waals surface area contributed by atoms with Crippen LogP contribution in [-0.2, 0) is 6.42 Å². The molecule has 92 valence electrons. The van der Waals surface area contributed by atoms with Crippen LogP contribution in [-0.4, -0.2) is 17.6 Å². The van der Waals surface area contributed by atoms with Crippen LogP contribution >= 0.6 is 11.3 Å². The third kappa shape index (κ3) is 4.20. The van der Waals surface area contributed by atoms with E-state index in [1.54, 1.807) is 11.3 Å². The van der Waals surface area contributed by atoms with Crippen molar-refractivity contribution in [2.45, 2.75) is 52.1 Å². The summed E-state index contributed by atoms with van der Waals surface area (Å²) < 4.78 is 0. The van der Waals surface area contributed by atoms with Gasteiger partial charge in [-0.1, -0.05) is 13.8 Å². The van der Waals surface area contributed by atoms with Crippen LogP contribution in [0.3, 0.4) is 0 Å². The van der Waals surface area contributed by atoms with Crippen molar-refractivity contribution in [3.8, 4) is 0 Å². The summed E-state index contributed by atoms with van der Waals surface area (Å²) >= 11 is 1.80. The number of aryl methyl sites for hydroxylation is 1. The molecule has 0 fully saturated rings. The molecular weight excluding hydrogens is 218 g/mol. The molecule has 0 aliphatic carbocycles. The minimum absolute atomic E-state index is 0.321. The van der Waals surface area contributed by atoms with Crippen LogP contribution in [0.15, 0.2) is 6.20 Å². The maximum Gasteiger partial charge on any atom is 0.109 e. The summed E-state index contributed by atoms with van der Waals surface area (Å²) in [5.41, 5.74) is 5.87. The van der Waals surface area contributed by atoms with Gasteiger partial charge in [0.1, 0.15) is 5.01 Å². The first-order valence-corrected chi connectivity index (χ1v) is 6.92. The summed E-state index contributed by atoms with van der Waals surface area (Å²) in [4.78, 5) is 5.79. The highest BCUT2D eigenvalue weighted by Gasteiger charge is 2.09. The Morgan fingerprint density at radius 3 is 2.81 bits per heavy atom. The van der Waals surface area contributed by atoms with Gasteiger partial charge in [-0.05, 0) is 32.7 Å².